The molecule has 0 bridgehead atoms. The topological polar surface area (TPSA) is 33.1 Å². The summed E-state index contributed by atoms with van der Waals surface area (Å²) in [5.41, 5.74) is 0.996. The zero-order valence-corrected chi connectivity index (χ0v) is 13.1. The van der Waals surface area contributed by atoms with Gasteiger partial charge < -0.3 is 5.11 Å². The number of hydrogen-bond acceptors (Lipinski definition) is 2. The summed E-state index contributed by atoms with van der Waals surface area (Å²) in [5, 5.41) is 9.96. The van der Waals surface area contributed by atoms with Gasteiger partial charge in [0.25, 0.3) is 0 Å². The second-order valence-electron chi connectivity index (χ2n) is 5.80. The maximum Gasteiger partial charge on any atom is 0.0595 e. The van der Waals surface area contributed by atoms with Gasteiger partial charge in [0.1, 0.15) is 0 Å². The molecule has 0 radical (unpaired) electrons. The van der Waals surface area contributed by atoms with Crippen LogP contribution in [0.25, 0.3) is 0 Å². The lowest BCUT2D eigenvalue weighted by Gasteiger charge is -2.09. The van der Waals surface area contributed by atoms with E-state index in [0.29, 0.717) is 6.42 Å². The fourth-order valence-corrected chi connectivity index (χ4v) is 2.55. The highest BCUT2D eigenvalue weighted by molar-refractivity contribution is 5.04. The minimum Gasteiger partial charge on any atom is -0.393 e. The number of pyridine rings is 1. The highest BCUT2D eigenvalue weighted by Gasteiger charge is 2.05. The first-order chi connectivity index (χ1) is 9.83. The Labute approximate surface area is 124 Å². The van der Waals surface area contributed by atoms with Crippen molar-refractivity contribution in [2.45, 2.75) is 83.7 Å². The molecule has 1 heterocycles. The molecule has 0 aromatic carbocycles. The van der Waals surface area contributed by atoms with Gasteiger partial charge in [0, 0.05) is 18.3 Å². The first-order valence-corrected chi connectivity index (χ1v) is 8.41. The second-order valence-corrected chi connectivity index (χ2v) is 5.80. The number of aromatic nitrogens is 1. The molecule has 1 N–H and O–H groups in total. The van der Waals surface area contributed by atoms with E-state index in [1.54, 1.807) is 6.20 Å². The van der Waals surface area contributed by atoms with Crippen molar-refractivity contribution in [1.82, 2.24) is 4.98 Å². The van der Waals surface area contributed by atoms with Gasteiger partial charge in [-0.1, -0.05) is 70.8 Å². The minimum atomic E-state index is -0.227. The van der Waals surface area contributed by atoms with Crippen molar-refractivity contribution in [3.8, 4) is 0 Å². The Hall–Kier alpha value is -0.890. The first-order valence-electron chi connectivity index (χ1n) is 8.41. The molecule has 0 aliphatic heterocycles. The average molecular weight is 277 g/mol. The third-order valence-corrected chi connectivity index (χ3v) is 3.81. The molecule has 0 saturated carbocycles. The Morgan fingerprint density at radius 2 is 1.60 bits per heavy atom. The molecule has 0 spiro atoms. The van der Waals surface area contributed by atoms with Crippen LogP contribution in [-0.4, -0.2) is 16.2 Å². The number of rotatable bonds is 12. The molecule has 0 fully saturated rings. The molecule has 2 heteroatoms. The molecular formula is C18H31NO. The Morgan fingerprint density at radius 3 is 2.20 bits per heavy atom. The van der Waals surface area contributed by atoms with Gasteiger partial charge in [0.05, 0.1) is 6.10 Å². The van der Waals surface area contributed by atoms with Crippen LogP contribution in [0.3, 0.4) is 0 Å². The second kappa shape index (κ2) is 11.9. The Kier molecular flexibility index (Phi) is 10.2. The number of hydrogen-bond donors (Lipinski definition) is 1. The van der Waals surface area contributed by atoms with Crippen LogP contribution in [0.1, 0.15) is 76.8 Å². The fourth-order valence-electron chi connectivity index (χ4n) is 2.55. The molecule has 0 aliphatic rings. The molecule has 114 valence electrons. The monoisotopic (exact) mass is 277 g/mol. The van der Waals surface area contributed by atoms with Gasteiger partial charge >= 0.3 is 0 Å². The lowest BCUT2D eigenvalue weighted by atomic mass is 10.0. The molecule has 0 amide bonds. The van der Waals surface area contributed by atoms with Gasteiger partial charge in [-0.3, -0.25) is 4.98 Å². The zero-order valence-electron chi connectivity index (χ0n) is 13.1. The predicted molar refractivity (Wildman–Crippen MR) is 85.8 cm³/mol. The van der Waals surface area contributed by atoms with E-state index in [4.69, 9.17) is 0 Å². The zero-order chi connectivity index (χ0) is 14.5. The van der Waals surface area contributed by atoms with E-state index in [0.717, 1.165) is 18.5 Å². The Bertz CT molecular complexity index is 312. The van der Waals surface area contributed by atoms with Gasteiger partial charge in [-0.05, 0) is 18.6 Å². The van der Waals surface area contributed by atoms with Crippen LogP contribution in [0.4, 0.5) is 0 Å². The summed E-state index contributed by atoms with van der Waals surface area (Å²) in [5.74, 6) is 0. The molecule has 0 aliphatic carbocycles. The van der Waals surface area contributed by atoms with Crippen LogP contribution in [0.15, 0.2) is 24.4 Å². The van der Waals surface area contributed by atoms with E-state index in [2.05, 4.69) is 11.9 Å². The number of nitrogens with zero attached hydrogens (tertiary/aromatic N) is 1. The number of aliphatic hydroxyl groups is 1. The van der Waals surface area contributed by atoms with Gasteiger partial charge in [-0.25, -0.2) is 0 Å². The number of unbranched alkanes of at least 4 members (excludes halogenated alkanes) is 8. The average Bonchev–Trinajstić information content (AvgIpc) is 2.46. The van der Waals surface area contributed by atoms with E-state index in [9.17, 15) is 5.11 Å². The van der Waals surface area contributed by atoms with Crippen molar-refractivity contribution in [2.24, 2.45) is 0 Å². The summed E-state index contributed by atoms with van der Waals surface area (Å²) in [6, 6.07) is 5.88. The normalized spacial score (nSPS) is 12.5. The molecule has 1 rings (SSSR count). The van der Waals surface area contributed by atoms with Gasteiger partial charge in [-0.15, -0.1) is 0 Å². The summed E-state index contributed by atoms with van der Waals surface area (Å²) in [6.45, 7) is 2.26. The van der Waals surface area contributed by atoms with Crippen LogP contribution in [-0.2, 0) is 6.42 Å². The third kappa shape index (κ3) is 9.08. The Morgan fingerprint density at radius 1 is 0.950 bits per heavy atom. The summed E-state index contributed by atoms with van der Waals surface area (Å²) in [4.78, 5) is 4.25. The molecular weight excluding hydrogens is 246 g/mol. The van der Waals surface area contributed by atoms with Gasteiger partial charge in [-0.2, -0.15) is 0 Å². The number of aliphatic hydroxyl groups excluding tert-OH is 1. The quantitative estimate of drug-likeness (QED) is 0.551. The van der Waals surface area contributed by atoms with Crippen molar-refractivity contribution in [3.05, 3.63) is 30.1 Å². The first kappa shape index (κ1) is 17.2. The Balaban J connectivity index is 1.91. The SMILES string of the molecule is CCCCCCCCCCCC(O)Cc1ccccn1. The van der Waals surface area contributed by atoms with E-state index in [1.807, 2.05) is 18.2 Å². The molecule has 1 aromatic heterocycles. The third-order valence-electron chi connectivity index (χ3n) is 3.81. The van der Waals surface area contributed by atoms with Gasteiger partial charge in [0.15, 0.2) is 0 Å². The van der Waals surface area contributed by atoms with Crippen LogP contribution in [0, 0.1) is 0 Å². The van der Waals surface area contributed by atoms with Crippen LogP contribution < -0.4 is 0 Å². The largest absolute Gasteiger partial charge is 0.393 e. The molecule has 2 nitrogen and oxygen atoms in total. The summed E-state index contributed by atoms with van der Waals surface area (Å²) in [7, 11) is 0. The molecule has 1 unspecified atom stereocenters. The van der Waals surface area contributed by atoms with Crippen molar-refractivity contribution >= 4 is 0 Å². The van der Waals surface area contributed by atoms with E-state index < -0.39 is 0 Å². The van der Waals surface area contributed by atoms with Crippen LogP contribution in [0.2, 0.25) is 0 Å². The lowest BCUT2D eigenvalue weighted by Crippen LogP contribution is -2.11. The predicted octanol–water partition coefficient (Wildman–Crippen LogP) is 4.91. The minimum absolute atomic E-state index is 0.227. The smallest absolute Gasteiger partial charge is 0.0595 e. The van der Waals surface area contributed by atoms with Crippen LogP contribution in [0.5, 0.6) is 0 Å². The van der Waals surface area contributed by atoms with Gasteiger partial charge in [0.2, 0.25) is 0 Å². The lowest BCUT2D eigenvalue weighted by molar-refractivity contribution is 0.159. The maximum atomic E-state index is 9.96. The molecule has 1 atom stereocenters. The molecule has 20 heavy (non-hydrogen) atoms. The highest BCUT2D eigenvalue weighted by atomic mass is 16.3. The van der Waals surface area contributed by atoms with Crippen molar-refractivity contribution in [3.63, 3.8) is 0 Å². The van der Waals surface area contributed by atoms with Crippen molar-refractivity contribution < 1.29 is 5.11 Å². The summed E-state index contributed by atoms with van der Waals surface area (Å²) >= 11 is 0. The van der Waals surface area contributed by atoms with Crippen LogP contribution >= 0.6 is 0 Å². The van der Waals surface area contributed by atoms with E-state index in [-0.39, 0.29) is 6.10 Å². The van der Waals surface area contributed by atoms with E-state index in [1.165, 1.54) is 51.4 Å². The standard InChI is InChI=1S/C18H31NO/c1-2-3-4-5-6-7-8-9-10-14-18(20)16-17-13-11-12-15-19-17/h11-13,15,18,20H,2-10,14,16H2,1H3. The summed E-state index contributed by atoms with van der Waals surface area (Å²) in [6.07, 6.45) is 15.2. The van der Waals surface area contributed by atoms with Crippen molar-refractivity contribution in [1.29, 1.82) is 0 Å². The summed E-state index contributed by atoms with van der Waals surface area (Å²) < 4.78 is 0. The highest BCUT2D eigenvalue weighted by Crippen LogP contribution is 2.12. The molecule has 1 aromatic rings. The maximum absolute atomic E-state index is 9.96. The molecule has 0 saturated heterocycles. The fraction of sp³-hybridized carbons (Fsp3) is 0.722. The van der Waals surface area contributed by atoms with Crippen molar-refractivity contribution in [2.75, 3.05) is 0 Å². The van der Waals surface area contributed by atoms with E-state index >= 15 is 0 Å².